The second-order valence-corrected chi connectivity index (χ2v) is 11.8. The smallest absolute Gasteiger partial charge is 0.417 e. The molecule has 1 aromatic heterocycles. The second kappa shape index (κ2) is 13.2. The van der Waals surface area contributed by atoms with E-state index in [0.29, 0.717) is 37.6 Å². The number of amides is 2. The van der Waals surface area contributed by atoms with Gasteiger partial charge in [0.25, 0.3) is 10.1 Å². The number of carbonyl (C=O) groups excluding carboxylic acids is 2. The Bertz CT molecular complexity index is 1520. The van der Waals surface area contributed by atoms with E-state index in [1.54, 1.807) is 19.9 Å². The van der Waals surface area contributed by atoms with Crippen molar-refractivity contribution in [1.82, 2.24) is 10.6 Å². The quantitative estimate of drug-likeness (QED) is 0.113. The summed E-state index contributed by atoms with van der Waals surface area (Å²) in [5, 5.41) is 4.77. The van der Waals surface area contributed by atoms with Crippen molar-refractivity contribution in [2.75, 3.05) is 36.9 Å². The molecule has 0 aliphatic carbocycles. The van der Waals surface area contributed by atoms with E-state index in [4.69, 9.17) is 10.3 Å². The summed E-state index contributed by atoms with van der Waals surface area (Å²) in [7, 11) is -4.53. The molecular weight excluding hydrogens is 585 g/mol. The number of alkyl halides is 3. The molecule has 1 aromatic carbocycles. The molecule has 2 heterocycles. The van der Waals surface area contributed by atoms with E-state index in [9.17, 15) is 40.5 Å². The highest BCUT2D eigenvalue weighted by molar-refractivity contribution is 7.86. The molecule has 0 atom stereocenters. The normalized spacial score (nSPS) is 14.8. The summed E-state index contributed by atoms with van der Waals surface area (Å²) in [6, 6.07) is 2.76. The number of nitrogens with zero attached hydrogens (tertiary/aromatic N) is 1. The third-order valence-corrected chi connectivity index (χ3v) is 7.31. The van der Waals surface area contributed by atoms with E-state index < -0.39 is 50.1 Å². The largest absolute Gasteiger partial charge is 0.423 e. The van der Waals surface area contributed by atoms with E-state index in [2.05, 4.69) is 15.5 Å². The molecule has 2 amide bonds. The third-order valence-electron chi connectivity index (χ3n) is 6.63. The minimum absolute atomic E-state index is 0.110. The van der Waals surface area contributed by atoms with Gasteiger partial charge in [-0.1, -0.05) is 12.5 Å². The number of fused-ring (bicyclic) bond motifs is 2. The molecule has 0 spiro atoms. The zero-order valence-electron chi connectivity index (χ0n) is 23.0. The van der Waals surface area contributed by atoms with Gasteiger partial charge in [-0.05, 0) is 38.3 Å². The SMILES string of the molecule is CC1(C)C=C(CS(=O)(=O)O)c2cc3c(C(F)(F)F)cc(=O)oc3cc2N1CCCCCC(=O)NCCNC(=O)CON. The summed E-state index contributed by atoms with van der Waals surface area (Å²) in [5.74, 6) is 3.37. The summed E-state index contributed by atoms with van der Waals surface area (Å²) in [5.41, 5.74) is -2.94. The number of anilines is 1. The first-order valence-electron chi connectivity index (χ1n) is 13.0. The zero-order valence-corrected chi connectivity index (χ0v) is 23.9. The number of halogens is 3. The van der Waals surface area contributed by atoms with E-state index in [1.165, 1.54) is 6.07 Å². The van der Waals surface area contributed by atoms with Crippen molar-refractivity contribution < 1.29 is 45.0 Å². The fourth-order valence-electron chi connectivity index (χ4n) is 4.88. The molecular formula is C26H33F3N4O8S. The fourth-order valence-corrected chi connectivity index (χ4v) is 5.51. The standard InChI is InChI=1S/C26H33F3N4O8S/c1-25(2)13-16(15-42(37,38)39)17-10-18-19(26(27,28)29)11-24(36)41-21(18)12-20(17)33(25)9-5-3-4-6-22(34)31-7-8-32-23(35)14-40-30/h10-13H,3-9,14-15,30H2,1-2H3,(H,31,34)(H,32,35)(H,37,38,39). The van der Waals surface area contributed by atoms with Crippen LogP contribution in [0.2, 0.25) is 0 Å². The monoisotopic (exact) mass is 618 g/mol. The number of carbonyl (C=O) groups is 2. The molecule has 0 saturated carbocycles. The van der Waals surface area contributed by atoms with Gasteiger partial charge in [-0.2, -0.15) is 21.6 Å². The number of hydrogen-bond donors (Lipinski definition) is 4. The molecule has 16 heteroatoms. The van der Waals surface area contributed by atoms with Crippen molar-refractivity contribution in [3.05, 3.63) is 45.8 Å². The number of rotatable bonds is 13. The highest BCUT2D eigenvalue weighted by atomic mass is 32.2. The van der Waals surface area contributed by atoms with Gasteiger partial charge in [0.05, 0.1) is 11.1 Å². The van der Waals surface area contributed by atoms with Crippen LogP contribution in [0.3, 0.4) is 0 Å². The Morgan fingerprint density at radius 2 is 1.76 bits per heavy atom. The topological polar surface area (TPSA) is 181 Å². The molecule has 0 bridgehead atoms. The minimum Gasteiger partial charge on any atom is -0.423 e. The second-order valence-electron chi connectivity index (χ2n) is 10.4. The highest BCUT2D eigenvalue weighted by Crippen LogP contribution is 2.44. The average molecular weight is 619 g/mol. The Balaban J connectivity index is 1.77. The molecule has 232 valence electrons. The van der Waals surface area contributed by atoms with Crippen LogP contribution in [0.4, 0.5) is 18.9 Å². The number of nitrogens with two attached hydrogens (primary N) is 1. The van der Waals surface area contributed by atoms with E-state index in [0.717, 1.165) is 6.07 Å². The van der Waals surface area contributed by atoms with Crippen LogP contribution in [0.15, 0.2) is 33.5 Å². The summed E-state index contributed by atoms with van der Waals surface area (Å²) in [6.07, 6.45) is -1.35. The lowest BCUT2D eigenvalue weighted by molar-refractivity contribution is -0.136. The lowest BCUT2D eigenvalue weighted by Crippen LogP contribution is -2.46. The maximum atomic E-state index is 13.7. The first-order chi connectivity index (χ1) is 19.5. The van der Waals surface area contributed by atoms with Gasteiger partial charge in [-0.15, -0.1) is 0 Å². The first kappa shape index (κ1) is 33.0. The molecule has 1 aliphatic heterocycles. The Morgan fingerprint density at radius 3 is 2.38 bits per heavy atom. The van der Waals surface area contributed by atoms with Gasteiger partial charge in [0.1, 0.15) is 17.9 Å². The predicted molar refractivity (Wildman–Crippen MR) is 148 cm³/mol. The Morgan fingerprint density at radius 1 is 1.10 bits per heavy atom. The number of nitrogens with one attached hydrogen (secondary N) is 2. The Labute approximate surface area is 239 Å². The molecule has 2 aromatic rings. The summed E-state index contributed by atoms with van der Waals surface area (Å²) >= 11 is 0. The first-order valence-corrected chi connectivity index (χ1v) is 14.6. The van der Waals surface area contributed by atoms with Crippen molar-refractivity contribution >= 4 is 44.2 Å². The maximum absolute atomic E-state index is 13.7. The van der Waals surface area contributed by atoms with Gasteiger partial charge < -0.3 is 20.0 Å². The highest BCUT2D eigenvalue weighted by Gasteiger charge is 2.37. The lowest BCUT2D eigenvalue weighted by Gasteiger charge is -2.44. The molecule has 0 saturated heterocycles. The van der Waals surface area contributed by atoms with Gasteiger partial charge >= 0.3 is 11.8 Å². The van der Waals surface area contributed by atoms with Crippen LogP contribution >= 0.6 is 0 Å². The van der Waals surface area contributed by atoms with Crippen molar-refractivity contribution in [2.24, 2.45) is 5.90 Å². The third kappa shape index (κ3) is 8.77. The van der Waals surface area contributed by atoms with Gasteiger partial charge in [0, 0.05) is 54.8 Å². The molecule has 12 nitrogen and oxygen atoms in total. The minimum atomic E-state index is -4.87. The molecule has 0 fully saturated rings. The Kier molecular flexibility index (Phi) is 10.4. The summed E-state index contributed by atoms with van der Waals surface area (Å²) in [6.45, 7) is 4.08. The fraction of sp³-hybridized carbons (Fsp3) is 0.500. The van der Waals surface area contributed by atoms with Gasteiger partial charge in [0.15, 0.2) is 0 Å². The predicted octanol–water partition coefficient (Wildman–Crippen LogP) is 2.36. The average Bonchev–Trinajstić information content (AvgIpc) is 2.85. The number of benzene rings is 1. The van der Waals surface area contributed by atoms with Crippen LogP contribution in [0.5, 0.6) is 0 Å². The van der Waals surface area contributed by atoms with Crippen LogP contribution in [0.25, 0.3) is 16.5 Å². The van der Waals surface area contributed by atoms with Gasteiger partial charge in [0.2, 0.25) is 11.8 Å². The van der Waals surface area contributed by atoms with Crippen LogP contribution in [-0.2, 0) is 30.7 Å². The van der Waals surface area contributed by atoms with Crippen molar-refractivity contribution in [2.45, 2.75) is 51.2 Å². The van der Waals surface area contributed by atoms with E-state index in [1.807, 2.05) is 4.90 Å². The molecule has 0 radical (unpaired) electrons. The lowest BCUT2D eigenvalue weighted by atomic mass is 9.87. The molecule has 42 heavy (non-hydrogen) atoms. The summed E-state index contributed by atoms with van der Waals surface area (Å²) < 4.78 is 79.4. The number of unbranched alkanes of at least 4 members (excludes halogenated alkanes) is 2. The summed E-state index contributed by atoms with van der Waals surface area (Å²) in [4.78, 5) is 41.3. The molecule has 5 N–H and O–H groups in total. The van der Waals surface area contributed by atoms with Gasteiger partial charge in [-0.3, -0.25) is 19.0 Å². The maximum Gasteiger partial charge on any atom is 0.417 e. The van der Waals surface area contributed by atoms with Crippen LogP contribution in [0, 0.1) is 0 Å². The van der Waals surface area contributed by atoms with E-state index >= 15 is 0 Å². The van der Waals surface area contributed by atoms with E-state index in [-0.39, 0.29) is 48.7 Å². The van der Waals surface area contributed by atoms with Gasteiger partial charge in [-0.25, -0.2) is 10.7 Å². The Hall–Kier alpha value is -3.47. The van der Waals surface area contributed by atoms with Crippen LogP contribution in [-0.4, -0.2) is 62.3 Å². The number of hydrogen-bond acceptors (Lipinski definition) is 9. The van der Waals surface area contributed by atoms with Crippen molar-refractivity contribution in [1.29, 1.82) is 0 Å². The van der Waals surface area contributed by atoms with Crippen molar-refractivity contribution in [3.63, 3.8) is 0 Å². The van der Waals surface area contributed by atoms with Crippen LogP contribution < -0.4 is 27.1 Å². The van der Waals surface area contributed by atoms with Crippen molar-refractivity contribution in [3.8, 4) is 0 Å². The molecule has 1 aliphatic rings. The zero-order chi connectivity index (χ0) is 31.3. The van der Waals surface area contributed by atoms with Crippen LogP contribution in [0.1, 0.15) is 50.7 Å². The molecule has 3 rings (SSSR count). The molecule has 0 unspecified atom stereocenters.